The van der Waals surface area contributed by atoms with Crippen LogP contribution in [0.5, 0.6) is 0 Å². The van der Waals surface area contributed by atoms with Gasteiger partial charge < -0.3 is 0 Å². The van der Waals surface area contributed by atoms with Gasteiger partial charge in [0.25, 0.3) is 0 Å². The monoisotopic (exact) mass is 619 g/mol. The lowest BCUT2D eigenvalue weighted by atomic mass is 9.82. The van der Waals surface area contributed by atoms with E-state index in [1.807, 2.05) is 0 Å². The van der Waals surface area contributed by atoms with Gasteiger partial charge in [0.1, 0.15) is 0 Å². The van der Waals surface area contributed by atoms with Crippen LogP contribution >= 0.6 is 11.3 Å². The van der Waals surface area contributed by atoms with Gasteiger partial charge in [-0.15, -0.1) is 11.3 Å². The van der Waals surface area contributed by atoms with Crippen LogP contribution in [0, 0.1) is 0 Å². The third kappa shape index (κ3) is 3.79. The molecule has 1 aliphatic rings. The molecule has 0 unspecified atom stereocenters. The van der Waals surface area contributed by atoms with Crippen molar-refractivity contribution in [3.63, 3.8) is 0 Å². The van der Waals surface area contributed by atoms with Crippen LogP contribution in [-0.2, 0) is 5.41 Å². The van der Waals surface area contributed by atoms with E-state index in [1.165, 1.54) is 48.9 Å². The average molecular weight is 620 g/mol. The first-order chi connectivity index (χ1) is 23.1. The Labute approximate surface area is 276 Å². The quantitative estimate of drug-likeness (QED) is 0.197. The van der Waals surface area contributed by atoms with E-state index >= 15 is 0 Å². The van der Waals surface area contributed by atoms with E-state index < -0.39 is 0 Å². The molecule has 1 aliphatic carbocycles. The summed E-state index contributed by atoms with van der Waals surface area (Å²) in [7, 11) is 0. The number of hydrogen-bond acceptors (Lipinski definition) is 3. The molecule has 3 aromatic heterocycles. The zero-order valence-corrected chi connectivity index (χ0v) is 26.8. The Kier molecular flexibility index (Phi) is 5.50. The van der Waals surface area contributed by atoms with Gasteiger partial charge in [-0.1, -0.05) is 129 Å². The summed E-state index contributed by atoms with van der Waals surface area (Å²) in [6.45, 7) is 4.69. The first kappa shape index (κ1) is 26.6. The van der Waals surface area contributed by atoms with Crippen molar-refractivity contribution in [1.82, 2.24) is 14.5 Å². The SMILES string of the molecule is CC1(C)c2ccccc2-c2cc3c(cc21)c1ccccc1n3-c1nc(-c2ccc(-c3ccccc3)cc2)c2sc3ccccc3c2n1. The molecule has 9 aromatic rings. The highest BCUT2D eigenvalue weighted by Crippen LogP contribution is 2.51. The molecule has 3 heterocycles. The van der Waals surface area contributed by atoms with Gasteiger partial charge in [0.15, 0.2) is 0 Å². The largest absolute Gasteiger partial charge is 0.278 e. The third-order valence-corrected chi connectivity index (χ3v) is 11.2. The Morgan fingerprint density at radius 1 is 0.532 bits per heavy atom. The summed E-state index contributed by atoms with van der Waals surface area (Å²) in [5.41, 5.74) is 13.0. The predicted molar refractivity (Wildman–Crippen MR) is 198 cm³/mol. The van der Waals surface area contributed by atoms with Gasteiger partial charge in [-0.25, -0.2) is 9.97 Å². The van der Waals surface area contributed by atoms with Crippen molar-refractivity contribution in [3.8, 4) is 39.5 Å². The van der Waals surface area contributed by atoms with Crippen LogP contribution in [0.2, 0.25) is 0 Å². The van der Waals surface area contributed by atoms with Crippen LogP contribution in [0.4, 0.5) is 0 Å². The average Bonchev–Trinajstić information content (AvgIpc) is 3.73. The third-order valence-electron chi connectivity index (χ3n) is 10.0. The van der Waals surface area contributed by atoms with E-state index in [2.05, 4.69) is 158 Å². The maximum atomic E-state index is 5.44. The predicted octanol–water partition coefficient (Wildman–Crippen LogP) is 11.6. The highest BCUT2D eigenvalue weighted by Gasteiger charge is 2.36. The number of para-hydroxylation sites is 1. The van der Waals surface area contributed by atoms with Crippen LogP contribution in [0.15, 0.2) is 140 Å². The summed E-state index contributed by atoms with van der Waals surface area (Å²) in [4.78, 5) is 10.8. The van der Waals surface area contributed by atoms with Crippen molar-refractivity contribution in [3.05, 3.63) is 151 Å². The summed E-state index contributed by atoms with van der Waals surface area (Å²) in [6, 6.07) is 50.3. The molecule has 4 heteroatoms. The maximum Gasteiger partial charge on any atom is 0.235 e. The topological polar surface area (TPSA) is 30.7 Å². The standard InChI is InChI=1S/C43H29N3S/c1-43(2)34-17-9-6-14-29(34)32-25-37-33(24-35(32)43)30-15-7-10-18-36(30)46(37)42-44-39(41-40(45-42)31-16-8-11-19-38(31)47-41)28-22-20-27(21-23-28)26-12-4-3-5-13-26/h3-25H,1-2H3. The van der Waals surface area contributed by atoms with E-state index in [9.17, 15) is 0 Å². The number of hydrogen-bond donors (Lipinski definition) is 0. The lowest BCUT2D eigenvalue weighted by molar-refractivity contribution is 0.661. The van der Waals surface area contributed by atoms with Crippen molar-refractivity contribution in [2.45, 2.75) is 19.3 Å². The second-order valence-corrected chi connectivity index (χ2v) is 14.1. The first-order valence-corrected chi connectivity index (χ1v) is 16.9. The molecule has 0 fully saturated rings. The van der Waals surface area contributed by atoms with Crippen molar-refractivity contribution < 1.29 is 0 Å². The van der Waals surface area contributed by atoms with E-state index in [4.69, 9.17) is 9.97 Å². The molecule has 0 atom stereocenters. The van der Waals surface area contributed by atoms with Crippen LogP contribution in [0.1, 0.15) is 25.0 Å². The molecule has 10 rings (SSSR count). The molecule has 6 aromatic carbocycles. The molecule has 0 saturated heterocycles. The molecule has 0 bridgehead atoms. The minimum absolute atomic E-state index is 0.0760. The first-order valence-electron chi connectivity index (χ1n) is 16.1. The zero-order chi connectivity index (χ0) is 31.3. The smallest absolute Gasteiger partial charge is 0.235 e. The molecular weight excluding hydrogens is 591 g/mol. The molecule has 47 heavy (non-hydrogen) atoms. The minimum Gasteiger partial charge on any atom is -0.278 e. The number of rotatable bonds is 3. The summed E-state index contributed by atoms with van der Waals surface area (Å²) in [5, 5.41) is 3.60. The fourth-order valence-electron chi connectivity index (χ4n) is 7.70. The fourth-order valence-corrected chi connectivity index (χ4v) is 8.86. The molecule has 3 nitrogen and oxygen atoms in total. The molecule has 0 N–H and O–H groups in total. The molecule has 222 valence electrons. The number of benzene rings is 6. The molecule has 0 saturated carbocycles. The summed E-state index contributed by atoms with van der Waals surface area (Å²) in [5.74, 6) is 0.694. The Balaban J connectivity index is 1.27. The normalized spacial score (nSPS) is 13.5. The number of fused-ring (bicyclic) bond motifs is 9. The lowest BCUT2D eigenvalue weighted by Gasteiger charge is -2.21. The van der Waals surface area contributed by atoms with E-state index in [-0.39, 0.29) is 5.41 Å². The summed E-state index contributed by atoms with van der Waals surface area (Å²) >= 11 is 1.77. The second-order valence-electron chi connectivity index (χ2n) is 13.0. The molecule has 0 aliphatic heterocycles. The van der Waals surface area contributed by atoms with Gasteiger partial charge in [-0.3, -0.25) is 4.57 Å². The Morgan fingerprint density at radius 2 is 1.21 bits per heavy atom. The van der Waals surface area contributed by atoms with Crippen molar-refractivity contribution in [2.24, 2.45) is 0 Å². The van der Waals surface area contributed by atoms with Crippen LogP contribution in [-0.4, -0.2) is 14.5 Å². The Bertz CT molecular complexity index is 2700. The minimum atomic E-state index is -0.0760. The van der Waals surface area contributed by atoms with Gasteiger partial charge >= 0.3 is 0 Å². The van der Waals surface area contributed by atoms with Gasteiger partial charge in [0, 0.05) is 31.8 Å². The van der Waals surface area contributed by atoms with E-state index in [0.717, 1.165) is 37.9 Å². The van der Waals surface area contributed by atoms with Crippen molar-refractivity contribution in [2.75, 3.05) is 0 Å². The highest BCUT2D eigenvalue weighted by atomic mass is 32.1. The molecule has 0 amide bonds. The number of nitrogens with zero attached hydrogens (tertiary/aromatic N) is 3. The van der Waals surface area contributed by atoms with Gasteiger partial charge in [0.2, 0.25) is 5.95 Å². The van der Waals surface area contributed by atoms with Gasteiger partial charge in [0.05, 0.1) is 26.9 Å². The molecular formula is C43H29N3S. The highest BCUT2D eigenvalue weighted by molar-refractivity contribution is 7.26. The van der Waals surface area contributed by atoms with E-state index in [1.54, 1.807) is 11.3 Å². The van der Waals surface area contributed by atoms with Gasteiger partial charge in [-0.05, 0) is 57.6 Å². The number of aromatic nitrogens is 3. The van der Waals surface area contributed by atoms with E-state index in [0.29, 0.717) is 5.95 Å². The number of thiophene rings is 1. The Hall–Kier alpha value is -5.58. The lowest BCUT2D eigenvalue weighted by Crippen LogP contribution is -2.14. The summed E-state index contributed by atoms with van der Waals surface area (Å²) in [6.07, 6.45) is 0. The molecule has 0 radical (unpaired) electrons. The molecule has 0 spiro atoms. The van der Waals surface area contributed by atoms with Crippen LogP contribution in [0.3, 0.4) is 0 Å². The van der Waals surface area contributed by atoms with Crippen molar-refractivity contribution in [1.29, 1.82) is 0 Å². The Morgan fingerprint density at radius 3 is 2.06 bits per heavy atom. The van der Waals surface area contributed by atoms with Crippen LogP contribution < -0.4 is 0 Å². The second kappa shape index (κ2) is 9.71. The van der Waals surface area contributed by atoms with Crippen LogP contribution in [0.25, 0.3) is 81.6 Å². The van der Waals surface area contributed by atoms with Gasteiger partial charge in [-0.2, -0.15) is 0 Å². The fraction of sp³-hybridized carbons (Fsp3) is 0.0698. The summed E-state index contributed by atoms with van der Waals surface area (Å²) < 4.78 is 4.61. The maximum absolute atomic E-state index is 5.44. The van der Waals surface area contributed by atoms with Crippen molar-refractivity contribution >= 4 is 53.4 Å². The zero-order valence-electron chi connectivity index (χ0n) is 26.0.